The second-order valence-electron chi connectivity index (χ2n) is 5.95. The maximum atomic E-state index is 12.5. The molecular formula is C21H20N2O2S. The summed E-state index contributed by atoms with van der Waals surface area (Å²) in [4.78, 5) is 12.5. The van der Waals surface area contributed by atoms with Gasteiger partial charge in [0.15, 0.2) is 5.11 Å². The molecule has 1 atom stereocenters. The highest BCUT2D eigenvalue weighted by Crippen LogP contribution is 2.29. The van der Waals surface area contributed by atoms with Crippen molar-refractivity contribution in [3.63, 3.8) is 0 Å². The van der Waals surface area contributed by atoms with Gasteiger partial charge < -0.3 is 15.4 Å². The number of nitrogens with one attached hydrogen (secondary N) is 2. The van der Waals surface area contributed by atoms with Crippen LogP contribution >= 0.6 is 12.2 Å². The van der Waals surface area contributed by atoms with E-state index in [9.17, 15) is 4.79 Å². The maximum Gasteiger partial charge on any atom is 0.338 e. The molecule has 0 unspecified atom stereocenters. The molecule has 0 aromatic heterocycles. The first-order chi connectivity index (χ1) is 12.6. The molecule has 0 saturated heterocycles. The van der Waals surface area contributed by atoms with Crippen molar-refractivity contribution < 1.29 is 9.53 Å². The van der Waals surface area contributed by atoms with Gasteiger partial charge in [0.25, 0.3) is 0 Å². The second kappa shape index (κ2) is 7.97. The highest BCUT2D eigenvalue weighted by molar-refractivity contribution is 7.80. The van der Waals surface area contributed by atoms with Gasteiger partial charge in [-0.2, -0.15) is 0 Å². The Labute approximate surface area is 158 Å². The van der Waals surface area contributed by atoms with Crippen molar-refractivity contribution in [2.24, 2.45) is 0 Å². The van der Waals surface area contributed by atoms with E-state index in [0.29, 0.717) is 16.4 Å². The summed E-state index contributed by atoms with van der Waals surface area (Å²) in [6, 6.07) is 17.9. The van der Waals surface area contributed by atoms with Crippen LogP contribution in [0, 0.1) is 0 Å². The lowest BCUT2D eigenvalue weighted by atomic mass is 9.94. The van der Waals surface area contributed by atoms with Crippen molar-refractivity contribution in [2.45, 2.75) is 13.0 Å². The van der Waals surface area contributed by atoms with Gasteiger partial charge in [-0.3, -0.25) is 0 Å². The predicted molar refractivity (Wildman–Crippen MR) is 107 cm³/mol. The van der Waals surface area contributed by atoms with Crippen LogP contribution < -0.4 is 10.6 Å². The van der Waals surface area contributed by atoms with Gasteiger partial charge in [-0.25, -0.2) is 4.79 Å². The monoisotopic (exact) mass is 364 g/mol. The van der Waals surface area contributed by atoms with E-state index < -0.39 is 0 Å². The van der Waals surface area contributed by atoms with Crippen molar-refractivity contribution in [3.05, 3.63) is 84.1 Å². The van der Waals surface area contributed by atoms with Gasteiger partial charge in [0.2, 0.25) is 0 Å². The van der Waals surface area contributed by atoms with Gasteiger partial charge >= 0.3 is 5.97 Å². The van der Waals surface area contributed by atoms with Crippen LogP contribution in [0.4, 0.5) is 0 Å². The number of allylic oxidation sites excluding steroid dienone is 1. The Morgan fingerprint density at radius 2 is 1.81 bits per heavy atom. The highest BCUT2D eigenvalue weighted by Gasteiger charge is 2.30. The van der Waals surface area contributed by atoms with Crippen molar-refractivity contribution in [1.82, 2.24) is 10.6 Å². The molecule has 5 heteroatoms. The quantitative estimate of drug-likeness (QED) is 0.479. The Morgan fingerprint density at radius 1 is 1.15 bits per heavy atom. The molecule has 0 bridgehead atoms. The lowest BCUT2D eigenvalue weighted by Gasteiger charge is -2.30. The Kier molecular flexibility index (Phi) is 5.49. The molecular weight excluding hydrogens is 344 g/mol. The number of rotatable bonds is 5. The fourth-order valence-corrected chi connectivity index (χ4v) is 3.20. The zero-order valence-electron chi connectivity index (χ0n) is 14.5. The van der Waals surface area contributed by atoms with E-state index in [1.165, 1.54) is 0 Å². The molecule has 4 nitrogen and oxygen atoms in total. The van der Waals surface area contributed by atoms with E-state index in [2.05, 4.69) is 29.3 Å². The average molecular weight is 364 g/mol. The van der Waals surface area contributed by atoms with Crippen LogP contribution in [0.2, 0.25) is 0 Å². The summed E-state index contributed by atoms with van der Waals surface area (Å²) in [7, 11) is 0. The predicted octanol–water partition coefficient (Wildman–Crippen LogP) is 3.88. The molecule has 132 valence electrons. The third kappa shape index (κ3) is 3.83. The highest BCUT2D eigenvalue weighted by atomic mass is 32.1. The van der Waals surface area contributed by atoms with E-state index in [1.807, 2.05) is 49.4 Å². The Bertz CT molecular complexity index is 857. The Hall–Kier alpha value is -2.92. The van der Waals surface area contributed by atoms with Crippen LogP contribution in [0.25, 0.3) is 11.1 Å². The number of benzene rings is 2. The van der Waals surface area contributed by atoms with Crippen molar-refractivity contribution in [1.29, 1.82) is 0 Å². The number of esters is 1. The molecule has 0 saturated carbocycles. The van der Waals surface area contributed by atoms with Crippen LogP contribution in [0.1, 0.15) is 18.5 Å². The normalized spacial score (nSPS) is 16.5. The van der Waals surface area contributed by atoms with Crippen LogP contribution in [0.5, 0.6) is 0 Å². The van der Waals surface area contributed by atoms with Gasteiger partial charge in [0.1, 0.15) is 6.61 Å². The molecule has 0 fully saturated rings. The second-order valence-corrected chi connectivity index (χ2v) is 6.35. The Balaban J connectivity index is 1.92. The summed E-state index contributed by atoms with van der Waals surface area (Å²) in [5.41, 5.74) is 4.42. The lowest BCUT2D eigenvalue weighted by molar-refractivity contribution is -0.138. The van der Waals surface area contributed by atoms with E-state index in [1.54, 1.807) is 6.08 Å². The van der Waals surface area contributed by atoms with Crippen LogP contribution in [-0.4, -0.2) is 17.7 Å². The van der Waals surface area contributed by atoms with Gasteiger partial charge in [-0.15, -0.1) is 0 Å². The first kappa shape index (κ1) is 17.9. The number of hydrogen-bond donors (Lipinski definition) is 2. The lowest BCUT2D eigenvalue weighted by Crippen LogP contribution is -2.45. The summed E-state index contributed by atoms with van der Waals surface area (Å²) >= 11 is 5.26. The van der Waals surface area contributed by atoms with Crippen molar-refractivity contribution >= 4 is 23.3 Å². The molecule has 1 aliphatic rings. The minimum atomic E-state index is -0.387. The SMILES string of the molecule is C=CCOC(=O)C1=C(C)NC(=S)N[C@H]1c1ccc(-c2ccccc2)cc1. The summed E-state index contributed by atoms with van der Waals surface area (Å²) in [5, 5.41) is 6.65. The molecule has 2 aromatic rings. The van der Waals surface area contributed by atoms with Crippen molar-refractivity contribution in [2.75, 3.05) is 6.61 Å². The molecule has 0 aliphatic carbocycles. The van der Waals surface area contributed by atoms with E-state index in [-0.39, 0.29) is 18.6 Å². The zero-order chi connectivity index (χ0) is 18.5. The molecule has 2 N–H and O–H groups in total. The zero-order valence-corrected chi connectivity index (χ0v) is 15.3. The third-order valence-corrected chi connectivity index (χ3v) is 4.39. The number of carbonyl (C=O) groups excluding carboxylic acids is 1. The maximum absolute atomic E-state index is 12.5. The first-order valence-electron chi connectivity index (χ1n) is 8.32. The first-order valence-corrected chi connectivity index (χ1v) is 8.72. The summed E-state index contributed by atoms with van der Waals surface area (Å²) in [6.45, 7) is 5.57. The molecule has 0 spiro atoms. The summed E-state index contributed by atoms with van der Waals surface area (Å²) in [5.74, 6) is -0.387. The number of hydrogen-bond acceptors (Lipinski definition) is 3. The molecule has 1 aliphatic heterocycles. The van der Waals surface area contributed by atoms with Gasteiger partial charge in [0, 0.05) is 5.70 Å². The summed E-state index contributed by atoms with van der Waals surface area (Å²) in [6.07, 6.45) is 1.55. The van der Waals surface area contributed by atoms with Gasteiger partial charge in [0.05, 0.1) is 11.6 Å². The molecule has 2 aromatic carbocycles. The third-order valence-electron chi connectivity index (χ3n) is 4.17. The fraction of sp³-hybridized carbons (Fsp3) is 0.143. The van der Waals surface area contributed by atoms with Crippen LogP contribution in [0.3, 0.4) is 0 Å². The van der Waals surface area contributed by atoms with Crippen LogP contribution in [0.15, 0.2) is 78.5 Å². The fourth-order valence-electron chi connectivity index (χ4n) is 2.93. The smallest absolute Gasteiger partial charge is 0.338 e. The number of ether oxygens (including phenoxy) is 1. The minimum Gasteiger partial charge on any atom is -0.458 e. The van der Waals surface area contributed by atoms with Gasteiger partial charge in [-0.1, -0.05) is 67.3 Å². The topological polar surface area (TPSA) is 50.4 Å². The molecule has 0 radical (unpaired) electrons. The number of thiocarbonyl (C=S) groups is 1. The molecule has 1 heterocycles. The largest absolute Gasteiger partial charge is 0.458 e. The van der Waals surface area contributed by atoms with E-state index >= 15 is 0 Å². The minimum absolute atomic E-state index is 0.166. The van der Waals surface area contributed by atoms with Crippen molar-refractivity contribution in [3.8, 4) is 11.1 Å². The van der Waals surface area contributed by atoms with E-state index in [4.69, 9.17) is 17.0 Å². The molecule has 3 rings (SSSR count). The molecule has 0 amide bonds. The average Bonchev–Trinajstić information content (AvgIpc) is 2.66. The van der Waals surface area contributed by atoms with E-state index in [0.717, 1.165) is 16.7 Å². The number of carbonyl (C=O) groups is 1. The Morgan fingerprint density at radius 3 is 2.46 bits per heavy atom. The standard InChI is InChI=1S/C21H20N2O2S/c1-3-13-25-20(24)18-14(2)22-21(26)23-19(18)17-11-9-16(10-12-17)15-7-5-4-6-8-15/h3-12,19H,1,13H2,2H3,(H2,22,23,26)/t19-/m0/s1. The van der Waals surface area contributed by atoms with Crippen LogP contribution in [-0.2, 0) is 9.53 Å². The molecule has 26 heavy (non-hydrogen) atoms. The van der Waals surface area contributed by atoms with Gasteiger partial charge in [-0.05, 0) is 35.8 Å². The summed E-state index contributed by atoms with van der Waals surface area (Å²) < 4.78 is 5.24.